The number of halogens is 2. The van der Waals surface area contributed by atoms with Crippen molar-refractivity contribution in [2.24, 2.45) is 0 Å². The summed E-state index contributed by atoms with van der Waals surface area (Å²) in [6.45, 7) is 0. The molecule has 1 aromatic carbocycles. The second-order valence-corrected chi connectivity index (χ2v) is 3.32. The SMILES string of the molecule is Fc1cccc(-c2cn3ccoc3n2)c1F. The number of hydrogen-bond acceptors (Lipinski definition) is 2. The van der Waals surface area contributed by atoms with E-state index in [0.29, 0.717) is 11.5 Å². The second-order valence-electron chi connectivity index (χ2n) is 3.32. The first kappa shape index (κ1) is 9.08. The molecule has 0 bridgehead atoms. The molecule has 3 rings (SSSR count). The normalized spacial score (nSPS) is 11.1. The van der Waals surface area contributed by atoms with Crippen LogP contribution < -0.4 is 0 Å². The molecule has 0 N–H and O–H groups in total. The Kier molecular flexibility index (Phi) is 1.80. The highest BCUT2D eigenvalue weighted by molar-refractivity contribution is 5.61. The Labute approximate surface area is 89.0 Å². The molecular formula is C11H6F2N2O. The van der Waals surface area contributed by atoms with E-state index in [-0.39, 0.29) is 5.56 Å². The molecule has 2 heterocycles. The minimum Gasteiger partial charge on any atom is -0.432 e. The average Bonchev–Trinajstić information content (AvgIpc) is 2.81. The van der Waals surface area contributed by atoms with Crippen molar-refractivity contribution in [3.8, 4) is 11.3 Å². The molecule has 0 unspecified atom stereocenters. The van der Waals surface area contributed by atoms with Crippen LogP contribution in [0.15, 0.2) is 41.3 Å². The molecule has 2 aromatic heterocycles. The predicted molar refractivity (Wildman–Crippen MR) is 52.8 cm³/mol. The molecule has 3 nitrogen and oxygen atoms in total. The quantitative estimate of drug-likeness (QED) is 0.631. The largest absolute Gasteiger partial charge is 0.432 e. The van der Waals surface area contributed by atoms with E-state index in [1.807, 2.05) is 0 Å². The summed E-state index contributed by atoms with van der Waals surface area (Å²) in [5.74, 6) is -1.44. The van der Waals surface area contributed by atoms with Gasteiger partial charge in [0.15, 0.2) is 11.6 Å². The summed E-state index contributed by atoms with van der Waals surface area (Å²) in [6, 6.07) is 3.98. The first-order chi connectivity index (χ1) is 7.75. The zero-order valence-electron chi connectivity index (χ0n) is 8.02. The van der Waals surface area contributed by atoms with Crippen LogP contribution in [0.1, 0.15) is 0 Å². The summed E-state index contributed by atoms with van der Waals surface area (Å²) in [7, 11) is 0. The maximum absolute atomic E-state index is 13.5. The fourth-order valence-corrected chi connectivity index (χ4v) is 1.56. The standard InChI is InChI=1S/C11H6F2N2O/c12-8-3-1-2-7(10(8)13)9-6-15-4-5-16-11(15)14-9/h1-6H. The van der Waals surface area contributed by atoms with Gasteiger partial charge >= 0.3 is 5.84 Å². The van der Waals surface area contributed by atoms with Crippen LogP contribution in [-0.2, 0) is 0 Å². The van der Waals surface area contributed by atoms with Gasteiger partial charge < -0.3 is 4.42 Å². The Hall–Kier alpha value is -2.17. The van der Waals surface area contributed by atoms with Gasteiger partial charge in [-0.15, -0.1) is 0 Å². The van der Waals surface area contributed by atoms with Crippen molar-refractivity contribution in [2.75, 3.05) is 0 Å². The summed E-state index contributed by atoms with van der Waals surface area (Å²) in [4.78, 5) is 4.03. The van der Waals surface area contributed by atoms with E-state index in [4.69, 9.17) is 4.42 Å². The van der Waals surface area contributed by atoms with Crippen molar-refractivity contribution < 1.29 is 13.2 Å². The minimum absolute atomic E-state index is 0.124. The van der Waals surface area contributed by atoms with Crippen molar-refractivity contribution in [1.82, 2.24) is 9.38 Å². The molecule has 0 radical (unpaired) electrons. The smallest absolute Gasteiger partial charge is 0.306 e. The van der Waals surface area contributed by atoms with Gasteiger partial charge in [-0.25, -0.2) is 8.78 Å². The highest BCUT2D eigenvalue weighted by Gasteiger charge is 2.13. The van der Waals surface area contributed by atoms with Crippen molar-refractivity contribution in [1.29, 1.82) is 0 Å². The molecule has 0 aliphatic heterocycles. The highest BCUT2D eigenvalue weighted by Crippen LogP contribution is 2.23. The minimum atomic E-state index is -0.900. The Balaban J connectivity index is 2.23. The van der Waals surface area contributed by atoms with Gasteiger partial charge in [-0.1, -0.05) is 6.07 Å². The molecule has 0 amide bonds. The Bertz CT molecular complexity index is 628. The Morgan fingerprint density at radius 2 is 2.12 bits per heavy atom. The fraction of sp³-hybridized carbons (Fsp3) is 0. The number of fused-ring (bicyclic) bond motifs is 1. The Morgan fingerprint density at radius 1 is 1.25 bits per heavy atom. The molecule has 0 saturated carbocycles. The zero-order valence-corrected chi connectivity index (χ0v) is 8.02. The number of hydrogen-bond donors (Lipinski definition) is 0. The second kappa shape index (κ2) is 3.16. The molecule has 0 atom stereocenters. The summed E-state index contributed by atoms with van der Waals surface area (Å²) in [6.07, 6.45) is 4.69. The number of imidazole rings is 1. The maximum atomic E-state index is 13.5. The van der Waals surface area contributed by atoms with Gasteiger partial charge in [0.05, 0.1) is 5.69 Å². The number of benzene rings is 1. The molecule has 0 aliphatic carbocycles. The zero-order chi connectivity index (χ0) is 11.1. The van der Waals surface area contributed by atoms with Crippen LogP contribution in [0.25, 0.3) is 17.1 Å². The topological polar surface area (TPSA) is 30.4 Å². The monoisotopic (exact) mass is 220 g/mol. The van der Waals surface area contributed by atoms with Crippen LogP contribution in [0.4, 0.5) is 8.78 Å². The third-order valence-electron chi connectivity index (χ3n) is 2.32. The molecule has 16 heavy (non-hydrogen) atoms. The van der Waals surface area contributed by atoms with Crippen LogP contribution in [0.2, 0.25) is 0 Å². The molecule has 80 valence electrons. The number of rotatable bonds is 1. The van der Waals surface area contributed by atoms with Gasteiger partial charge in [-0.2, -0.15) is 4.98 Å². The lowest BCUT2D eigenvalue weighted by Crippen LogP contribution is -1.88. The lowest BCUT2D eigenvalue weighted by atomic mass is 10.1. The summed E-state index contributed by atoms with van der Waals surface area (Å²) >= 11 is 0. The van der Waals surface area contributed by atoms with E-state index in [2.05, 4.69) is 4.98 Å². The summed E-state index contributed by atoms with van der Waals surface area (Å²) in [5.41, 5.74) is 0.468. The van der Waals surface area contributed by atoms with Crippen molar-refractivity contribution >= 4 is 5.84 Å². The molecular weight excluding hydrogens is 214 g/mol. The van der Waals surface area contributed by atoms with Gasteiger partial charge in [0.1, 0.15) is 6.26 Å². The van der Waals surface area contributed by atoms with Gasteiger partial charge in [0, 0.05) is 18.0 Å². The van der Waals surface area contributed by atoms with E-state index < -0.39 is 11.6 Å². The van der Waals surface area contributed by atoms with Crippen molar-refractivity contribution in [3.63, 3.8) is 0 Å². The van der Waals surface area contributed by atoms with Gasteiger partial charge in [-0.3, -0.25) is 4.40 Å². The van der Waals surface area contributed by atoms with Crippen LogP contribution in [-0.4, -0.2) is 9.38 Å². The van der Waals surface area contributed by atoms with Gasteiger partial charge in [0.2, 0.25) is 0 Å². The molecule has 3 aromatic rings. The molecule has 0 fully saturated rings. The fourth-order valence-electron chi connectivity index (χ4n) is 1.56. The molecule has 0 aliphatic rings. The number of oxazole rings is 1. The lowest BCUT2D eigenvalue weighted by molar-refractivity contribution is 0.511. The third-order valence-corrected chi connectivity index (χ3v) is 2.32. The Morgan fingerprint density at radius 3 is 2.94 bits per heavy atom. The van der Waals surface area contributed by atoms with E-state index in [1.54, 1.807) is 16.8 Å². The lowest BCUT2D eigenvalue weighted by Gasteiger charge is -1.98. The van der Waals surface area contributed by atoms with E-state index in [9.17, 15) is 8.78 Å². The maximum Gasteiger partial charge on any atom is 0.306 e. The van der Waals surface area contributed by atoms with Crippen molar-refractivity contribution in [2.45, 2.75) is 0 Å². The number of aromatic nitrogens is 2. The summed E-state index contributed by atoms with van der Waals surface area (Å²) < 4.78 is 33.1. The van der Waals surface area contributed by atoms with Crippen LogP contribution in [0.3, 0.4) is 0 Å². The van der Waals surface area contributed by atoms with Crippen LogP contribution >= 0.6 is 0 Å². The van der Waals surface area contributed by atoms with Gasteiger partial charge in [-0.05, 0) is 12.1 Å². The van der Waals surface area contributed by atoms with Crippen molar-refractivity contribution in [3.05, 3.63) is 48.5 Å². The summed E-state index contributed by atoms with van der Waals surface area (Å²) in [5, 5.41) is 0. The number of nitrogens with zero attached hydrogens (tertiary/aromatic N) is 2. The first-order valence-electron chi connectivity index (χ1n) is 4.62. The third kappa shape index (κ3) is 1.21. The first-order valence-corrected chi connectivity index (χ1v) is 4.62. The molecule has 0 saturated heterocycles. The van der Waals surface area contributed by atoms with E-state index >= 15 is 0 Å². The average molecular weight is 220 g/mol. The highest BCUT2D eigenvalue weighted by atomic mass is 19.2. The molecule has 5 heteroatoms. The predicted octanol–water partition coefficient (Wildman–Crippen LogP) is 2.87. The van der Waals surface area contributed by atoms with Gasteiger partial charge in [0.25, 0.3) is 0 Å². The van der Waals surface area contributed by atoms with E-state index in [1.165, 1.54) is 18.4 Å². The van der Waals surface area contributed by atoms with E-state index in [0.717, 1.165) is 6.07 Å². The van der Waals surface area contributed by atoms with Crippen LogP contribution in [0.5, 0.6) is 0 Å². The molecule has 0 spiro atoms. The van der Waals surface area contributed by atoms with Crippen LogP contribution in [0, 0.1) is 11.6 Å².